The summed E-state index contributed by atoms with van der Waals surface area (Å²) in [5.74, 6) is -0.443. The van der Waals surface area contributed by atoms with Crippen LogP contribution < -0.4 is 4.74 Å². The molecule has 2 aromatic carbocycles. The SMILES string of the molecule is COc1ccc(F)cc1C(=O)COC(C)c1ccccc1. The van der Waals surface area contributed by atoms with Crippen molar-refractivity contribution in [2.75, 3.05) is 13.7 Å². The summed E-state index contributed by atoms with van der Waals surface area (Å²) in [4.78, 5) is 12.1. The second-order valence-corrected chi connectivity index (χ2v) is 4.63. The number of hydrogen-bond acceptors (Lipinski definition) is 3. The Labute approximate surface area is 123 Å². The Kier molecular flexibility index (Phi) is 5.06. The maximum atomic E-state index is 13.3. The first-order chi connectivity index (χ1) is 10.1. The lowest BCUT2D eigenvalue weighted by atomic mass is 10.1. The van der Waals surface area contributed by atoms with E-state index in [0.29, 0.717) is 5.75 Å². The number of benzene rings is 2. The van der Waals surface area contributed by atoms with Crippen LogP contribution in [0.1, 0.15) is 28.9 Å². The highest BCUT2D eigenvalue weighted by atomic mass is 19.1. The Morgan fingerprint density at radius 1 is 1.19 bits per heavy atom. The summed E-state index contributed by atoms with van der Waals surface area (Å²) in [6.45, 7) is 1.74. The molecule has 0 saturated heterocycles. The summed E-state index contributed by atoms with van der Waals surface area (Å²) in [6.07, 6.45) is -0.213. The highest BCUT2D eigenvalue weighted by molar-refractivity contribution is 5.99. The highest BCUT2D eigenvalue weighted by Crippen LogP contribution is 2.21. The Hall–Kier alpha value is -2.20. The molecular weight excluding hydrogens is 271 g/mol. The van der Waals surface area contributed by atoms with E-state index >= 15 is 0 Å². The molecule has 4 heteroatoms. The van der Waals surface area contributed by atoms with E-state index in [1.165, 1.54) is 19.2 Å². The van der Waals surface area contributed by atoms with Gasteiger partial charge in [0.05, 0.1) is 18.8 Å². The van der Waals surface area contributed by atoms with E-state index in [1.54, 1.807) is 0 Å². The van der Waals surface area contributed by atoms with Gasteiger partial charge in [-0.2, -0.15) is 0 Å². The molecule has 0 aromatic heterocycles. The van der Waals surface area contributed by atoms with Gasteiger partial charge in [-0.05, 0) is 30.7 Å². The average Bonchev–Trinajstić information content (AvgIpc) is 2.53. The Morgan fingerprint density at radius 2 is 1.90 bits per heavy atom. The van der Waals surface area contributed by atoms with Crippen molar-refractivity contribution in [3.05, 3.63) is 65.5 Å². The molecule has 0 aliphatic heterocycles. The number of rotatable bonds is 6. The number of hydrogen-bond donors (Lipinski definition) is 0. The second kappa shape index (κ2) is 6.99. The lowest BCUT2D eigenvalue weighted by Crippen LogP contribution is -2.13. The first-order valence-corrected chi connectivity index (χ1v) is 6.65. The fourth-order valence-corrected chi connectivity index (χ4v) is 2.00. The highest BCUT2D eigenvalue weighted by Gasteiger charge is 2.15. The number of Topliss-reactive ketones (excluding diaryl/α,β-unsaturated/α-hetero) is 1. The molecule has 0 aliphatic carbocycles. The molecule has 0 radical (unpaired) electrons. The van der Waals surface area contributed by atoms with E-state index < -0.39 is 5.82 Å². The Balaban J connectivity index is 2.04. The minimum atomic E-state index is -0.477. The topological polar surface area (TPSA) is 35.5 Å². The van der Waals surface area contributed by atoms with Crippen molar-refractivity contribution in [3.63, 3.8) is 0 Å². The van der Waals surface area contributed by atoms with Gasteiger partial charge in [-0.25, -0.2) is 4.39 Å². The standard InChI is InChI=1S/C17H17FO3/c1-12(13-6-4-3-5-7-13)21-11-16(19)15-10-14(18)8-9-17(15)20-2/h3-10,12H,11H2,1-2H3. The molecule has 110 valence electrons. The van der Waals surface area contributed by atoms with Crippen LogP contribution in [0, 0.1) is 5.82 Å². The molecule has 3 nitrogen and oxygen atoms in total. The second-order valence-electron chi connectivity index (χ2n) is 4.63. The smallest absolute Gasteiger partial charge is 0.192 e. The lowest BCUT2D eigenvalue weighted by Gasteiger charge is -2.13. The number of carbonyl (C=O) groups is 1. The van der Waals surface area contributed by atoms with Crippen LogP contribution >= 0.6 is 0 Å². The quantitative estimate of drug-likeness (QED) is 0.759. The summed E-state index contributed by atoms with van der Waals surface area (Å²) in [5.41, 5.74) is 1.18. The fraction of sp³-hybridized carbons (Fsp3) is 0.235. The predicted octanol–water partition coefficient (Wildman–Crippen LogP) is 3.79. The van der Waals surface area contributed by atoms with Gasteiger partial charge in [0.1, 0.15) is 18.2 Å². The normalized spacial score (nSPS) is 12.0. The van der Waals surface area contributed by atoms with Crippen LogP contribution in [-0.4, -0.2) is 19.5 Å². The summed E-state index contributed by atoms with van der Waals surface area (Å²) < 4.78 is 23.9. The lowest BCUT2D eigenvalue weighted by molar-refractivity contribution is 0.0518. The summed E-state index contributed by atoms with van der Waals surface area (Å²) in [6, 6.07) is 13.4. The molecule has 1 atom stereocenters. The van der Waals surface area contributed by atoms with E-state index in [2.05, 4.69) is 0 Å². The number of methoxy groups -OCH3 is 1. The predicted molar refractivity (Wildman–Crippen MR) is 78.1 cm³/mol. The van der Waals surface area contributed by atoms with Crippen molar-refractivity contribution in [2.24, 2.45) is 0 Å². The first kappa shape index (κ1) is 15.2. The van der Waals surface area contributed by atoms with Gasteiger partial charge in [-0.1, -0.05) is 30.3 Å². The number of halogens is 1. The molecule has 0 N–H and O–H groups in total. The molecule has 2 rings (SSSR count). The van der Waals surface area contributed by atoms with Crippen molar-refractivity contribution in [3.8, 4) is 5.75 Å². The third-order valence-electron chi connectivity index (χ3n) is 3.20. The molecule has 0 fully saturated rings. The molecule has 0 saturated carbocycles. The molecular formula is C17H17FO3. The zero-order valence-corrected chi connectivity index (χ0v) is 12.0. The van der Waals surface area contributed by atoms with Crippen molar-refractivity contribution >= 4 is 5.78 Å². The van der Waals surface area contributed by atoms with E-state index in [1.807, 2.05) is 37.3 Å². The summed E-state index contributed by atoms with van der Waals surface area (Å²) >= 11 is 0. The van der Waals surface area contributed by atoms with Gasteiger partial charge in [0.25, 0.3) is 0 Å². The molecule has 21 heavy (non-hydrogen) atoms. The zero-order chi connectivity index (χ0) is 15.2. The van der Waals surface area contributed by atoms with Gasteiger partial charge < -0.3 is 9.47 Å². The third-order valence-corrected chi connectivity index (χ3v) is 3.20. The van der Waals surface area contributed by atoms with Gasteiger partial charge in [-0.15, -0.1) is 0 Å². The van der Waals surface area contributed by atoms with Crippen molar-refractivity contribution < 1.29 is 18.7 Å². The van der Waals surface area contributed by atoms with Gasteiger partial charge in [0, 0.05) is 0 Å². The van der Waals surface area contributed by atoms with Gasteiger partial charge >= 0.3 is 0 Å². The van der Waals surface area contributed by atoms with Crippen LogP contribution in [0.15, 0.2) is 48.5 Å². The van der Waals surface area contributed by atoms with Crippen molar-refractivity contribution in [1.29, 1.82) is 0 Å². The van der Waals surface area contributed by atoms with Crippen LogP contribution in [0.4, 0.5) is 4.39 Å². The summed E-state index contributed by atoms with van der Waals surface area (Å²) in [5, 5.41) is 0. The van der Waals surface area contributed by atoms with E-state index in [-0.39, 0.29) is 24.1 Å². The van der Waals surface area contributed by atoms with Crippen molar-refractivity contribution in [1.82, 2.24) is 0 Å². The minimum Gasteiger partial charge on any atom is -0.496 e. The number of carbonyl (C=O) groups excluding carboxylic acids is 1. The Morgan fingerprint density at radius 3 is 2.57 bits per heavy atom. The Bertz CT molecular complexity index is 611. The van der Waals surface area contributed by atoms with Gasteiger partial charge in [0.15, 0.2) is 5.78 Å². The molecule has 0 amide bonds. The van der Waals surface area contributed by atoms with E-state index in [0.717, 1.165) is 11.6 Å². The van der Waals surface area contributed by atoms with Crippen LogP contribution in [0.2, 0.25) is 0 Å². The molecule has 0 heterocycles. The zero-order valence-electron chi connectivity index (χ0n) is 12.0. The largest absolute Gasteiger partial charge is 0.496 e. The monoisotopic (exact) mass is 288 g/mol. The van der Waals surface area contributed by atoms with Crippen molar-refractivity contribution in [2.45, 2.75) is 13.0 Å². The fourth-order valence-electron chi connectivity index (χ4n) is 2.00. The van der Waals surface area contributed by atoms with Crippen LogP contribution in [0.25, 0.3) is 0 Å². The molecule has 1 unspecified atom stereocenters. The molecule has 2 aromatic rings. The van der Waals surface area contributed by atoms with E-state index in [4.69, 9.17) is 9.47 Å². The van der Waals surface area contributed by atoms with Crippen LogP contribution in [0.3, 0.4) is 0 Å². The van der Waals surface area contributed by atoms with Gasteiger partial charge in [-0.3, -0.25) is 4.79 Å². The van der Waals surface area contributed by atoms with E-state index in [9.17, 15) is 9.18 Å². The maximum Gasteiger partial charge on any atom is 0.192 e. The number of ether oxygens (including phenoxy) is 2. The average molecular weight is 288 g/mol. The molecule has 0 aliphatic rings. The summed E-state index contributed by atoms with van der Waals surface area (Å²) in [7, 11) is 1.44. The molecule has 0 spiro atoms. The third kappa shape index (κ3) is 3.89. The number of ketones is 1. The first-order valence-electron chi connectivity index (χ1n) is 6.65. The maximum absolute atomic E-state index is 13.3. The van der Waals surface area contributed by atoms with Crippen LogP contribution in [-0.2, 0) is 4.74 Å². The molecule has 0 bridgehead atoms. The van der Waals surface area contributed by atoms with Gasteiger partial charge in [0.2, 0.25) is 0 Å². The minimum absolute atomic E-state index is 0.129. The van der Waals surface area contributed by atoms with Crippen LogP contribution in [0.5, 0.6) is 5.75 Å².